The number of carbonyl (C=O) groups is 1. The molecule has 0 amide bonds. The third-order valence-electron chi connectivity index (χ3n) is 8.63. The lowest BCUT2D eigenvalue weighted by Crippen LogP contribution is -2.50. The van der Waals surface area contributed by atoms with Gasteiger partial charge in [0.25, 0.3) is 0 Å². The molecule has 2 heteroatoms. The van der Waals surface area contributed by atoms with Crippen LogP contribution in [-0.2, 0) is 4.79 Å². The summed E-state index contributed by atoms with van der Waals surface area (Å²) in [4.78, 5) is 11.9. The topological polar surface area (TPSA) is 40.9 Å². The molecule has 0 N–H and O–H groups in total. The van der Waals surface area contributed by atoms with E-state index in [9.17, 15) is 10.1 Å². The fourth-order valence-corrected chi connectivity index (χ4v) is 7.71. The molecule has 5 aliphatic carbocycles. The molecule has 25 heavy (non-hydrogen) atoms. The Morgan fingerprint density at radius 3 is 2.84 bits per heavy atom. The summed E-state index contributed by atoms with van der Waals surface area (Å²) in [7, 11) is 0. The average Bonchev–Trinajstić information content (AvgIpc) is 3.28. The zero-order valence-electron chi connectivity index (χ0n) is 14.6. The minimum absolute atomic E-state index is 0. The van der Waals surface area contributed by atoms with Gasteiger partial charge in [-0.25, -0.2) is 0 Å². The lowest BCUT2D eigenvalue weighted by atomic mass is 9.47. The third kappa shape index (κ3) is 2.11. The molecule has 0 heterocycles. The van der Waals surface area contributed by atoms with Crippen molar-refractivity contribution in [2.24, 2.45) is 52.8 Å². The standard InChI is InChI=1S/C22H27NO.CH4/c1-3-12-8-13-9-14(24)4-5-15(13)16-6-7-22(2)19(11-23)17-10-18(17)21(22)20(12)16;/h3,9,12,15-21H,1,4-8,10H2,2H3;1H4/t12-,15?,16?,17?,18?,19+,20?,21?,22?;/m1./s1. The molecule has 0 radical (unpaired) electrons. The van der Waals surface area contributed by atoms with Gasteiger partial charge in [-0.2, -0.15) is 5.26 Å². The Morgan fingerprint density at radius 2 is 2.12 bits per heavy atom. The predicted molar refractivity (Wildman–Crippen MR) is 99.4 cm³/mol. The van der Waals surface area contributed by atoms with Crippen molar-refractivity contribution in [1.29, 1.82) is 5.26 Å². The van der Waals surface area contributed by atoms with Crippen LogP contribution in [0.5, 0.6) is 0 Å². The van der Waals surface area contributed by atoms with E-state index in [1.807, 2.05) is 6.08 Å². The van der Waals surface area contributed by atoms with E-state index in [1.165, 1.54) is 24.8 Å². The smallest absolute Gasteiger partial charge is 0.155 e. The summed E-state index contributed by atoms with van der Waals surface area (Å²) in [5.41, 5.74) is 1.65. The van der Waals surface area contributed by atoms with Gasteiger partial charge in [0, 0.05) is 6.42 Å². The Labute approximate surface area is 152 Å². The van der Waals surface area contributed by atoms with Crippen LogP contribution in [0.15, 0.2) is 24.3 Å². The van der Waals surface area contributed by atoms with Gasteiger partial charge < -0.3 is 0 Å². The number of ketones is 1. The van der Waals surface area contributed by atoms with Crippen LogP contribution >= 0.6 is 0 Å². The van der Waals surface area contributed by atoms with Crippen molar-refractivity contribution >= 4 is 5.78 Å². The van der Waals surface area contributed by atoms with E-state index in [0.717, 1.165) is 31.1 Å². The Bertz CT molecular complexity index is 685. The first-order valence-corrected chi connectivity index (χ1v) is 9.84. The first-order chi connectivity index (χ1) is 11.6. The highest BCUT2D eigenvalue weighted by molar-refractivity contribution is 5.91. The highest BCUT2D eigenvalue weighted by Gasteiger charge is 2.70. The van der Waals surface area contributed by atoms with E-state index in [0.29, 0.717) is 35.4 Å². The second-order valence-corrected chi connectivity index (χ2v) is 9.42. The van der Waals surface area contributed by atoms with Gasteiger partial charge in [0.2, 0.25) is 0 Å². The zero-order valence-corrected chi connectivity index (χ0v) is 14.6. The number of rotatable bonds is 1. The van der Waals surface area contributed by atoms with E-state index in [2.05, 4.69) is 25.6 Å². The van der Waals surface area contributed by atoms with Crippen LogP contribution in [0, 0.1) is 64.1 Å². The lowest BCUT2D eigenvalue weighted by Gasteiger charge is -2.56. The monoisotopic (exact) mass is 337 g/mol. The number of allylic oxidation sites excluding steroid dienone is 2. The second kappa shape index (κ2) is 5.57. The van der Waals surface area contributed by atoms with Crippen molar-refractivity contribution in [3.05, 3.63) is 24.3 Å². The fraction of sp³-hybridized carbons (Fsp3) is 0.739. The van der Waals surface area contributed by atoms with Crippen LogP contribution in [0.25, 0.3) is 0 Å². The molecule has 9 atom stereocenters. The number of fused-ring (bicyclic) bond motifs is 7. The van der Waals surface area contributed by atoms with Gasteiger partial charge >= 0.3 is 0 Å². The van der Waals surface area contributed by atoms with Crippen molar-refractivity contribution in [1.82, 2.24) is 0 Å². The number of nitriles is 1. The van der Waals surface area contributed by atoms with Crippen molar-refractivity contribution in [2.75, 3.05) is 0 Å². The molecule has 134 valence electrons. The van der Waals surface area contributed by atoms with Crippen molar-refractivity contribution in [2.45, 2.75) is 52.9 Å². The van der Waals surface area contributed by atoms with Gasteiger partial charge in [-0.05, 0) is 85.0 Å². The Morgan fingerprint density at radius 1 is 1.32 bits per heavy atom. The number of hydrogen-bond acceptors (Lipinski definition) is 2. The van der Waals surface area contributed by atoms with Crippen LogP contribution in [0.3, 0.4) is 0 Å². The van der Waals surface area contributed by atoms with E-state index in [-0.39, 0.29) is 18.8 Å². The summed E-state index contributed by atoms with van der Waals surface area (Å²) in [5, 5.41) is 9.79. The maximum atomic E-state index is 11.9. The highest BCUT2D eigenvalue weighted by atomic mass is 16.1. The maximum absolute atomic E-state index is 11.9. The maximum Gasteiger partial charge on any atom is 0.155 e. The summed E-state index contributed by atoms with van der Waals surface area (Å²) in [6.45, 7) is 6.59. The van der Waals surface area contributed by atoms with Gasteiger partial charge in [0.15, 0.2) is 5.78 Å². The van der Waals surface area contributed by atoms with E-state index in [1.54, 1.807) is 0 Å². The summed E-state index contributed by atoms with van der Waals surface area (Å²) in [6.07, 6.45) is 10.7. The molecule has 0 aliphatic heterocycles. The van der Waals surface area contributed by atoms with Gasteiger partial charge in [0.1, 0.15) is 0 Å². The Hall–Kier alpha value is -1.36. The molecule has 0 aromatic carbocycles. The molecule has 0 aromatic rings. The lowest BCUT2D eigenvalue weighted by molar-refractivity contribution is -0.116. The first kappa shape index (κ1) is 17.1. The molecule has 4 fully saturated rings. The summed E-state index contributed by atoms with van der Waals surface area (Å²) in [5.74, 6) is 5.36. The summed E-state index contributed by atoms with van der Waals surface area (Å²) in [6, 6.07) is 2.70. The summed E-state index contributed by atoms with van der Waals surface area (Å²) >= 11 is 0. The fourth-order valence-electron chi connectivity index (χ4n) is 7.71. The number of carbonyl (C=O) groups excluding carboxylic acids is 1. The molecular weight excluding hydrogens is 306 g/mol. The van der Waals surface area contributed by atoms with Crippen LogP contribution in [0.1, 0.15) is 52.9 Å². The van der Waals surface area contributed by atoms with Crippen LogP contribution in [0.2, 0.25) is 0 Å². The minimum atomic E-state index is 0. The summed E-state index contributed by atoms with van der Waals surface area (Å²) < 4.78 is 0. The quantitative estimate of drug-likeness (QED) is 0.619. The molecule has 5 rings (SSSR count). The Kier molecular flexibility index (Phi) is 3.80. The molecule has 4 saturated carbocycles. The van der Waals surface area contributed by atoms with E-state index < -0.39 is 0 Å². The zero-order chi connectivity index (χ0) is 16.6. The van der Waals surface area contributed by atoms with Crippen molar-refractivity contribution in [3.63, 3.8) is 0 Å². The molecule has 0 spiro atoms. The molecule has 0 bridgehead atoms. The van der Waals surface area contributed by atoms with Gasteiger partial charge in [-0.1, -0.05) is 26.0 Å². The third-order valence-corrected chi connectivity index (χ3v) is 8.63. The first-order valence-electron chi connectivity index (χ1n) is 9.84. The van der Waals surface area contributed by atoms with Crippen LogP contribution in [-0.4, -0.2) is 5.78 Å². The normalized spacial score (nSPS) is 52.3. The molecule has 0 saturated heterocycles. The highest BCUT2D eigenvalue weighted by Crippen LogP contribution is 2.74. The van der Waals surface area contributed by atoms with Crippen molar-refractivity contribution < 1.29 is 4.79 Å². The van der Waals surface area contributed by atoms with E-state index in [4.69, 9.17) is 0 Å². The van der Waals surface area contributed by atoms with Crippen molar-refractivity contribution in [3.8, 4) is 6.07 Å². The van der Waals surface area contributed by atoms with Gasteiger partial charge in [-0.15, -0.1) is 6.58 Å². The second-order valence-electron chi connectivity index (χ2n) is 9.42. The number of nitrogens with zero attached hydrogens (tertiary/aromatic N) is 1. The molecule has 0 aromatic heterocycles. The van der Waals surface area contributed by atoms with Gasteiger partial charge in [-0.3, -0.25) is 4.79 Å². The van der Waals surface area contributed by atoms with Gasteiger partial charge in [0.05, 0.1) is 12.0 Å². The molecule has 5 aliphatic rings. The molecule has 7 unspecified atom stereocenters. The van der Waals surface area contributed by atoms with Crippen LogP contribution in [0.4, 0.5) is 0 Å². The van der Waals surface area contributed by atoms with Crippen LogP contribution < -0.4 is 0 Å². The van der Waals surface area contributed by atoms with E-state index >= 15 is 0 Å². The minimum Gasteiger partial charge on any atom is -0.295 e. The molecular formula is C23H31NO. The number of hydrogen-bond donors (Lipinski definition) is 0. The SMILES string of the molecule is C.C=C[C@@H]1CC2=CC(=O)CCC2C2CCC3(C)C(C4CC4[C@@H]3C#N)C21. The average molecular weight is 338 g/mol. The predicted octanol–water partition coefficient (Wildman–Crippen LogP) is 5.17. The largest absolute Gasteiger partial charge is 0.295 e. The molecule has 2 nitrogen and oxygen atoms in total. The Balaban J connectivity index is 0.00000157.